The predicted octanol–water partition coefficient (Wildman–Crippen LogP) is 3.27. The molecule has 7 heteroatoms. The summed E-state index contributed by atoms with van der Waals surface area (Å²) in [6.07, 6.45) is 2.19. The van der Waals surface area contributed by atoms with E-state index in [1.54, 1.807) is 28.0 Å². The van der Waals surface area contributed by atoms with Crippen molar-refractivity contribution in [1.29, 1.82) is 0 Å². The van der Waals surface area contributed by atoms with Gasteiger partial charge in [-0.15, -0.1) is 0 Å². The second-order valence-electron chi connectivity index (χ2n) is 6.97. The van der Waals surface area contributed by atoms with E-state index in [9.17, 15) is 14.4 Å². The molecule has 2 amide bonds. The Morgan fingerprint density at radius 3 is 2.15 bits per heavy atom. The second kappa shape index (κ2) is 8.49. The molecule has 0 N–H and O–H groups in total. The molecule has 2 rings (SSSR count). The third-order valence-electron chi connectivity index (χ3n) is 3.76. The molecule has 0 unspecified atom stereocenters. The first-order valence-corrected chi connectivity index (χ1v) is 9.20. The molecular formula is C19H23BrN2O4. The fourth-order valence-electron chi connectivity index (χ4n) is 2.44. The quantitative estimate of drug-likeness (QED) is 0.553. The summed E-state index contributed by atoms with van der Waals surface area (Å²) in [6, 6.07) is 7.06. The Kier molecular flexibility index (Phi) is 6.58. The number of amides is 2. The number of ketones is 1. The molecule has 1 saturated heterocycles. The molecule has 6 nitrogen and oxygen atoms in total. The van der Waals surface area contributed by atoms with Gasteiger partial charge in [-0.25, -0.2) is 4.79 Å². The van der Waals surface area contributed by atoms with Crippen molar-refractivity contribution < 1.29 is 19.1 Å². The first-order chi connectivity index (χ1) is 12.2. The van der Waals surface area contributed by atoms with Gasteiger partial charge < -0.3 is 14.5 Å². The molecule has 0 aromatic heterocycles. The fourth-order valence-corrected chi connectivity index (χ4v) is 2.92. The molecule has 140 valence electrons. The van der Waals surface area contributed by atoms with Crippen molar-refractivity contribution in [1.82, 2.24) is 9.80 Å². The summed E-state index contributed by atoms with van der Waals surface area (Å²) in [7, 11) is 0. The van der Waals surface area contributed by atoms with Gasteiger partial charge in [-0.05, 0) is 39.0 Å². The van der Waals surface area contributed by atoms with Crippen molar-refractivity contribution in [3.05, 3.63) is 46.5 Å². The lowest BCUT2D eigenvalue weighted by atomic mass is 10.1. The molecule has 1 fully saturated rings. The molecule has 0 aliphatic carbocycles. The number of carbonyl (C=O) groups excluding carboxylic acids is 3. The number of hydrogen-bond donors (Lipinski definition) is 0. The van der Waals surface area contributed by atoms with Crippen LogP contribution in [0.25, 0.3) is 0 Å². The van der Waals surface area contributed by atoms with Gasteiger partial charge in [-0.3, -0.25) is 9.59 Å². The van der Waals surface area contributed by atoms with Gasteiger partial charge in [0, 0.05) is 42.3 Å². The number of benzene rings is 1. The third-order valence-corrected chi connectivity index (χ3v) is 4.45. The minimum atomic E-state index is -0.543. The highest BCUT2D eigenvalue weighted by Gasteiger charge is 2.27. The number of piperazine rings is 1. The number of rotatable bonds is 3. The average molecular weight is 423 g/mol. The van der Waals surface area contributed by atoms with Crippen molar-refractivity contribution in [3.8, 4) is 0 Å². The van der Waals surface area contributed by atoms with Gasteiger partial charge in [0.2, 0.25) is 5.91 Å². The molecule has 0 saturated carbocycles. The van der Waals surface area contributed by atoms with E-state index in [1.807, 2.05) is 26.8 Å². The van der Waals surface area contributed by atoms with E-state index < -0.39 is 5.60 Å². The third kappa shape index (κ3) is 5.69. The van der Waals surface area contributed by atoms with Crippen LogP contribution in [-0.2, 0) is 9.53 Å². The van der Waals surface area contributed by atoms with E-state index in [2.05, 4.69) is 15.9 Å². The van der Waals surface area contributed by atoms with Gasteiger partial charge in [-0.1, -0.05) is 28.1 Å². The highest BCUT2D eigenvalue weighted by Crippen LogP contribution is 2.17. The number of nitrogens with zero attached hydrogens (tertiary/aromatic N) is 2. The van der Waals surface area contributed by atoms with Crippen molar-refractivity contribution in [2.75, 3.05) is 26.2 Å². The Balaban J connectivity index is 1.87. The first kappa shape index (κ1) is 20.2. The van der Waals surface area contributed by atoms with Crippen LogP contribution in [0.15, 0.2) is 40.9 Å². The van der Waals surface area contributed by atoms with Crippen LogP contribution in [0.5, 0.6) is 0 Å². The highest BCUT2D eigenvalue weighted by molar-refractivity contribution is 9.10. The number of allylic oxidation sites excluding steroid dienone is 1. The molecule has 0 bridgehead atoms. The monoisotopic (exact) mass is 422 g/mol. The molecule has 1 heterocycles. The molecule has 26 heavy (non-hydrogen) atoms. The summed E-state index contributed by atoms with van der Waals surface area (Å²) >= 11 is 3.32. The lowest BCUT2D eigenvalue weighted by Gasteiger charge is -2.35. The largest absolute Gasteiger partial charge is 0.444 e. The fraction of sp³-hybridized carbons (Fsp3) is 0.421. The molecule has 0 spiro atoms. The van der Waals surface area contributed by atoms with Gasteiger partial charge in [-0.2, -0.15) is 0 Å². The standard InChI is InChI=1S/C19H23BrN2O4/c1-19(2,3)26-18(25)22-12-10-21(11-13-22)17(24)9-8-16(23)14-6-4-5-7-15(14)20/h4-9H,10-13H2,1-3H3/b9-8+. The van der Waals surface area contributed by atoms with Gasteiger partial charge >= 0.3 is 6.09 Å². The number of halogens is 1. The molecular weight excluding hydrogens is 400 g/mol. The van der Waals surface area contributed by atoms with E-state index in [-0.39, 0.29) is 17.8 Å². The van der Waals surface area contributed by atoms with E-state index >= 15 is 0 Å². The number of carbonyl (C=O) groups is 3. The van der Waals surface area contributed by atoms with E-state index in [1.165, 1.54) is 12.2 Å². The predicted molar refractivity (Wildman–Crippen MR) is 102 cm³/mol. The summed E-state index contributed by atoms with van der Waals surface area (Å²) in [6.45, 7) is 7.09. The van der Waals surface area contributed by atoms with Crippen molar-refractivity contribution >= 4 is 33.7 Å². The number of hydrogen-bond acceptors (Lipinski definition) is 4. The van der Waals surface area contributed by atoms with Crippen LogP contribution in [0.4, 0.5) is 4.79 Å². The van der Waals surface area contributed by atoms with Crippen LogP contribution in [0.1, 0.15) is 31.1 Å². The lowest BCUT2D eigenvalue weighted by molar-refractivity contribution is -0.127. The van der Waals surface area contributed by atoms with Gasteiger partial charge in [0.25, 0.3) is 0 Å². The zero-order chi connectivity index (χ0) is 19.3. The van der Waals surface area contributed by atoms with E-state index in [4.69, 9.17) is 4.74 Å². The number of ether oxygens (including phenoxy) is 1. The maximum absolute atomic E-state index is 12.3. The SMILES string of the molecule is CC(C)(C)OC(=O)N1CCN(C(=O)/C=C/C(=O)c2ccccc2Br)CC1. The van der Waals surface area contributed by atoms with Gasteiger partial charge in [0.05, 0.1) is 0 Å². The minimum Gasteiger partial charge on any atom is -0.444 e. The Hall–Kier alpha value is -2.15. The smallest absolute Gasteiger partial charge is 0.410 e. The van der Waals surface area contributed by atoms with Gasteiger partial charge in [0.1, 0.15) is 5.60 Å². The summed E-state index contributed by atoms with van der Waals surface area (Å²) in [5.41, 5.74) is -0.0370. The zero-order valence-electron chi connectivity index (χ0n) is 15.2. The maximum Gasteiger partial charge on any atom is 0.410 e. The van der Waals surface area contributed by atoms with Crippen molar-refractivity contribution in [3.63, 3.8) is 0 Å². The Morgan fingerprint density at radius 1 is 1.00 bits per heavy atom. The average Bonchev–Trinajstić information content (AvgIpc) is 2.58. The van der Waals surface area contributed by atoms with Crippen LogP contribution < -0.4 is 0 Å². The summed E-state index contributed by atoms with van der Waals surface area (Å²) in [5.74, 6) is -0.479. The Bertz CT molecular complexity index is 716. The topological polar surface area (TPSA) is 66.9 Å². The van der Waals surface area contributed by atoms with Crippen molar-refractivity contribution in [2.24, 2.45) is 0 Å². The molecule has 1 aromatic carbocycles. The van der Waals surface area contributed by atoms with Crippen LogP contribution in [0.2, 0.25) is 0 Å². The summed E-state index contributed by atoms with van der Waals surface area (Å²) < 4.78 is 6.02. The van der Waals surface area contributed by atoms with E-state index in [0.717, 1.165) is 0 Å². The van der Waals surface area contributed by atoms with Crippen molar-refractivity contribution in [2.45, 2.75) is 26.4 Å². The highest BCUT2D eigenvalue weighted by atomic mass is 79.9. The van der Waals surface area contributed by atoms with Crippen LogP contribution in [0.3, 0.4) is 0 Å². The van der Waals surface area contributed by atoms with Crippen LogP contribution in [-0.4, -0.2) is 59.4 Å². The maximum atomic E-state index is 12.3. The van der Waals surface area contributed by atoms with E-state index in [0.29, 0.717) is 36.2 Å². The molecule has 1 aliphatic heterocycles. The minimum absolute atomic E-state index is 0.238. The Labute approximate surface area is 161 Å². The first-order valence-electron chi connectivity index (χ1n) is 8.41. The molecule has 0 radical (unpaired) electrons. The molecule has 1 aromatic rings. The lowest BCUT2D eigenvalue weighted by Crippen LogP contribution is -2.51. The van der Waals surface area contributed by atoms with Crippen LogP contribution >= 0.6 is 15.9 Å². The molecule has 1 aliphatic rings. The summed E-state index contributed by atoms with van der Waals surface area (Å²) in [5, 5.41) is 0. The summed E-state index contributed by atoms with van der Waals surface area (Å²) in [4.78, 5) is 39.7. The normalized spacial score (nSPS) is 15.2. The Morgan fingerprint density at radius 2 is 1.58 bits per heavy atom. The second-order valence-corrected chi connectivity index (χ2v) is 7.82. The van der Waals surface area contributed by atoms with Crippen LogP contribution in [0, 0.1) is 0 Å². The molecule has 0 atom stereocenters. The zero-order valence-corrected chi connectivity index (χ0v) is 16.8. The van der Waals surface area contributed by atoms with Gasteiger partial charge in [0.15, 0.2) is 5.78 Å².